The number of nitrogens with two attached hydrogens (primary N) is 2. The minimum atomic E-state index is -1.66. The Labute approximate surface area is 302 Å². The zero-order valence-corrected chi connectivity index (χ0v) is 30.3. The van der Waals surface area contributed by atoms with E-state index in [0.717, 1.165) is 5.01 Å². The lowest BCUT2D eigenvalue weighted by atomic mass is 9.91. The second-order valence-electron chi connectivity index (χ2n) is 12.6. The van der Waals surface area contributed by atoms with Crippen LogP contribution in [0.4, 0.5) is 0 Å². The van der Waals surface area contributed by atoms with Gasteiger partial charge in [0.25, 0.3) is 11.8 Å². The first kappa shape index (κ1) is 45.5. The number of carbonyl (C=O) groups excluding carboxylic acids is 6. The lowest BCUT2D eigenvalue weighted by Gasteiger charge is -2.34. The van der Waals surface area contributed by atoms with Gasteiger partial charge >= 0.3 is 5.97 Å². The summed E-state index contributed by atoms with van der Waals surface area (Å²) >= 11 is 0. The van der Waals surface area contributed by atoms with E-state index in [1.165, 1.54) is 20.1 Å². The molecule has 13 N–H and O–H groups in total. The Morgan fingerprint density at radius 1 is 0.942 bits per heavy atom. The van der Waals surface area contributed by atoms with Gasteiger partial charge in [0.2, 0.25) is 23.6 Å². The van der Waals surface area contributed by atoms with E-state index in [0.29, 0.717) is 18.4 Å². The largest absolute Gasteiger partial charge is 0.480 e. The third-order valence-electron chi connectivity index (χ3n) is 8.43. The third kappa shape index (κ3) is 12.9. The summed E-state index contributed by atoms with van der Waals surface area (Å²) in [4.78, 5) is 91.1. The molecule has 0 bridgehead atoms. The van der Waals surface area contributed by atoms with Gasteiger partial charge in [-0.05, 0) is 64.9 Å². The lowest BCUT2D eigenvalue weighted by Crippen LogP contribution is -2.63. The molecule has 294 valence electrons. The molecule has 20 nitrogen and oxygen atoms in total. The number of rotatable bonds is 21. The van der Waals surface area contributed by atoms with Crippen molar-refractivity contribution in [2.24, 2.45) is 16.6 Å². The maximum Gasteiger partial charge on any atom is 0.328 e. The van der Waals surface area contributed by atoms with E-state index < -0.39 is 103 Å². The van der Waals surface area contributed by atoms with Crippen LogP contribution in [0.5, 0.6) is 0 Å². The lowest BCUT2D eigenvalue weighted by molar-refractivity contribution is -0.145. The summed E-state index contributed by atoms with van der Waals surface area (Å²) < 4.78 is 0. The zero-order valence-electron chi connectivity index (χ0n) is 30.3. The maximum absolute atomic E-state index is 13.8. The van der Waals surface area contributed by atoms with E-state index in [1.807, 2.05) is 0 Å². The Morgan fingerprint density at radius 3 is 2.06 bits per heavy atom. The minimum Gasteiger partial charge on any atom is -0.480 e. The van der Waals surface area contributed by atoms with Gasteiger partial charge in [-0.25, -0.2) is 9.80 Å². The molecule has 1 aliphatic rings. The number of aliphatic hydroxyl groups excluding tert-OH is 3. The summed E-state index contributed by atoms with van der Waals surface area (Å²) in [7, 11) is 0. The predicted octanol–water partition coefficient (Wildman–Crippen LogP) is -3.59. The van der Waals surface area contributed by atoms with Crippen LogP contribution >= 0.6 is 0 Å². The van der Waals surface area contributed by atoms with E-state index in [4.69, 9.17) is 11.5 Å². The molecule has 0 aromatic heterocycles. The molecule has 1 aliphatic heterocycles. The molecule has 1 rings (SSSR count). The van der Waals surface area contributed by atoms with Crippen LogP contribution in [0, 0.1) is 0 Å². The SMILES string of the molecule is CCC[C@@H](NC(=O)[C@@H]1CCC=NN1C(=O)[C@H](NC(=O)[C@@H](C)NC(=O)C(N)(CCO)CCO)[C@@H](C)N)C(=O)N/C(C(=O)N[C@@H](CO)C(=O)O)=C(\C)CC. The van der Waals surface area contributed by atoms with Crippen LogP contribution in [-0.2, 0) is 33.6 Å². The topological polar surface area (TPSA) is 328 Å². The number of nitrogens with one attached hydrogen (secondary N) is 5. The molecule has 0 aromatic rings. The van der Waals surface area contributed by atoms with Gasteiger partial charge in [0.1, 0.15) is 29.9 Å². The summed E-state index contributed by atoms with van der Waals surface area (Å²) in [6, 6.07) is -7.76. The van der Waals surface area contributed by atoms with Crippen molar-refractivity contribution in [1.82, 2.24) is 31.6 Å². The Hall–Kier alpha value is -4.50. The molecule has 0 aliphatic carbocycles. The highest BCUT2D eigenvalue weighted by Crippen LogP contribution is 2.17. The number of hydrogen-bond donors (Lipinski definition) is 11. The highest BCUT2D eigenvalue weighted by atomic mass is 16.4. The van der Waals surface area contributed by atoms with E-state index in [2.05, 4.69) is 31.7 Å². The number of aliphatic carboxylic acids is 1. The van der Waals surface area contributed by atoms with E-state index in [1.54, 1.807) is 20.8 Å². The average Bonchev–Trinajstić information content (AvgIpc) is 3.10. The molecule has 0 fully saturated rings. The van der Waals surface area contributed by atoms with Crippen molar-refractivity contribution in [3.05, 3.63) is 11.3 Å². The van der Waals surface area contributed by atoms with Gasteiger partial charge in [-0.3, -0.25) is 28.8 Å². The average molecular weight is 742 g/mol. The number of nitrogens with zero attached hydrogens (tertiary/aromatic N) is 2. The Bertz CT molecular complexity index is 1350. The quantitative estimate of drug-likeness (QED) is 0.0508. The van der Waals surface area contributed by atoms with Gasteiger partial charge < -0.3 is 58.5 Å². The standard InChI is InChI=1S/C32H55N9O11/c1-6-9-20(26(46)39-23(17(3)7-2)28(48)38-21(16-44)30(50)51)37-27(47)22-10-8-13-35-41(22)29(49)24(18(4)33)40-25(45)19(5)36-31(52)32(34,11-14-42)12-15-43/h13,18-22,24,42-44H,6-12,14-16,33-34H2,1-5H3,(H,36,52)(H,37,47)(H,38,48)(H,39,46)(H,40,45)(H,50,51)/b23-17+/t18-,19-,20-,21+,22+,24-/m1/s1. The molecular weight excluding hydrogens is 686 g/mol. The van der Waals surface area contributed by atoms with Crippen molar-refractivity contribution in [2.75, 3.05) is 19.8 Å². The summed E-state index contributed by atoms with van der Waals surface area (Å²) in [5.41, 5.74) is 10.6. The number of hydrazone groups is 1. The molecule has 6 amide bonds. The second kappa shape index (κ2) is 21.8. The van der Waals surface area contributed by atoms with Crippen LogP contribution in [-0.4, -0.2) is 135 Å². The number of carboxylic acid groups (broad SMARTS) is 1. The second-order valence-corrected chi connectivity index (χ2v) is 12.6. The van der Waals surface area contributed by atoms with Crippen molar-refractivity contribution in [3.63, 3.8) is 0 Å². The fourth-order valence-electron chi connectivity index (χ4n) is 5.02. The molecule has 1 heterocycles. The molecule has 0 unspecified atom stereocenters. The predicted molar refractivity (Wildman–Crippen MR) is 186 cm³/mol. The number of hydrogen-bond acceptors (Lipinski definition) is 13. The number of carboxylic acids is 1. The maximum atomic E-state index is 13.8. The van der Waals surface area contributed by atoms with Crippen molar-refractivity contribution < 1.29 is 54.0 Å². The normalized spacial score (nSPS) is 17.7. The number of aliphatic hydroxyl groups is 3. The Morgan fingerprint density at radius 2 is 1.56 bits per heavy atom. The summed E-state index contributed by atoms with van der Waals surface area (Å²) in [5.74, 6) is -6.51. The summed E-state index contributed by atoms with van der Waals surface area (Å²) in [6.07, 6.45) is 2.21. The third-order valence-corrected chi connectivity index (χ3v) is 8.43. The first-order valence-corrected chi connectivity index (χ1v) is 17.1. The highest BCUT2D eigenvalue weighted by molar-refractivity contribution is 6.02. The smallest absolute Gasteiger partial charge is 0.328 e. The molecule has 6 atom stereocenters. The van der Waals surface area contributed by atoms with Gasteiger partial charge in [0.15, 0.2) is 6.04 Å². The van der Waals surface area contributed by atoms with Crippen LogP contribution in [0.1, 0.15) is 79.6 Å². The molecule has 52 heavy (non-hydrogen) atoms. The fourth-order valence-corrected chi connectivity index (χ4v) is 5.02. The van der Waals surface area contributed by atoms with Crippen molar-refractivity contribution in [2.45, 2.75) is 121 Å². The van der Waals surface area contributed by atoms with Gasteiger partial charge in [0, 0.05) is 25.5 Å². The van der Waals surface area contributed by atoms with Crippen molar-refractivity contribution >= 4 is 47.6 Å². The van der Waals surface area contributed by atoms with Crippen LogP contribution < -0.4 is 38.1 Å². The first-order chi connectivity index (χ1) is 24.4. The Kier molecular flexibility index (Phi) is 19.1. The van der Waals surface area contributed by atoms with E-state index in [-0.39, 0.29) is 37.8 Å². The summed E-state index contributed by atoms with van der Waals surface area (Å²) in [6.45, 7) is 5.96. The van der Waals surface area contributed by atoms with Gasteiger partial charge in [0.05, 0.1) is 12.1 Å². The van der Waals surface area contributed by atoms with E-state index >= 15 is 0 Å². The van der Waals surface area contributed by atoms with Gasteiger partial charge in [-0.15, -0.1) is 0 Å². The molecular formula is C32H55N9O11. The summed E-state index contributed by atoms with van der Waals surface area (Å²) in [5, 5.41) is 54.2. The van der Waals surface area contributed by atoms with Crippen LogP contribution in [0.25, 0.3) is 0 Å². The van der Waals surface area contributed by atoms with Crippen molar-refractivity contribution in [3.8, 4) is 0 Å². The van der Waals surface area contributed by atoms with Gasteiger partial charge in [-0.1, -0.05) is 20.3 Å². The molecule has 0 aromatic carbocycles. The fraction of sp³-hybridized carbons (Fsp3) is 0.688. The number of amides is 6. The number of allylic oxidation sites excluding steroid dienone is 1. The van der Waals surface area contributed by atoms with Gasteiger partial charge in [-0.2, -0.15) is 5.10 Å². The zero-order chi connectivity index (χ0) is 39.8. The highest BCUT2D eigenvalue weighted by Gasteiger charge is 2.40. The molecule has 0 spiro atoms. The molecule has 0 radical (unpaired) electrons. The minimum absolute atomic E-state index is 0.0855. The molecule has 0 saturated heterocycles. The van der Waals surface area contributed by atoms with E-state index in [9.17, 15) is 54.0 Å². The van der Waals surface area contributed by atoms with Crippen molar-refractivity contribution in [1.29, 1.82) is 0 Å². The molecule has 0 saturated carbocycles. The number of carbonyl (C=O) groups is 7. The first-order valence-electron chi connectivity index (χ1n) is 17.1. The van der Waals surface area contributed by atoms with Crippen LogP contribution in [0.2, 0.25) is 0 Å². The molecule has 20 heteroatoms. The van der Waals surface area contributed by atoms with Crippen LogP contribution in [0.15, 0.2) is 16.4 Å². The van der Waals surface area contributed by atoms with Crippen LogP contribution in [0.3, 0.4) is 0 Å². The monoisotopic (exact) mass is 741 g/mol. The Balaban J connectivity index is 3.20.